The number of carbonyl (C=O) groups is 1. The number of aliphatic hydroxyl groups excluding tert-OH is 1. The maximum Gasteiger partial charge on any atom is 0.306 e. The smallest absolute Gasteiger partial charge is 0.306 e. The van der Waals surface area contributed by atoms with E-state index in [9.17, 15) is 15.0 Å². The Bertz CT molecular complexity index is 453. The molecule has 98 valence electrons. The van der Waals surface area contributed by atoms with E-state index in [4.69, 9.17) is 0 Å². The predicted octanol–water partition coefficient (Wildman–Crippen LogP) is 2.84. The fourth-order valence-corrected chi connectivity index (χ4v) is 2.98. The molecule has 1 aromatic carbocycles. The van der Waals surface area contributed by atoms with Crippen LogP contribution < -0.4 is 0 Å². The summed E-state index contributed by atoms with van der Waals surface area (Å²) in [6.45, 7) is 3.95. The fraction of sp³-hybridized carbons (Fsp3) is 0.533. The molecule has 18 heavy (non-hydrogen) atoms. The molecule has 0 saturated heterocycles. The Morgan fingerprint density at radius 3 is 2.72 bits per heavy atom. The van der Waals surface area contributed by atoms with Crippen LogP contribution in [0.5, 0.6) is 0 Å². The zero-order valence-corrected chi connectivity index (χ0v) is 10.9. The lowest BCUT2D eigenvalue weighted by atomic mass is 9.85. The van der Waals surface area contributed by atoms with E-state index in [1.807, 2.05) is 32.0 Å². The van der Waals surface area contributed by atoms with Gasteiger partial charge in [-0.3, -0.25) is 4.79 Å². The molecule has 2 N–H and O–H groups in total. The van der Waals surface area contributed by atoms with Crippen LogP contribution in [0.4, 0.5) is 0 Å². The average molecular weight is 248 g/mol. The third-order valence-electron chi connectivity index (χ3n) is 4.05. The topological polar surface area (TPSA) is 57.5 Å². The van der Waals surface area contributed by atoms with Gasteiger partial charge in [0.05, 0.1) is 12.0 Å². The van der Waals surface area contributed by atoms with Crippen LogP contribution >= 0.6 is 0 Å². The number of rotatable bonds is 3. The molecule has 0 aromatic heterocycles. The quantitative estimate of drug-likeness (QED) is 0.864. The highest BCUT2D eigenvalue weighted by Crippen LogP contribution is 2.41. The van der Waals surface area contributed by atoms with Gasteiger partial charge in [0.15, 0.2) is 0 Å². The summed E-state index contributed by atoms with van der Waals surface area (Å²) in [6, 6.07) is 5.96. The van der Waals surface area contributed by atoms with E-state index in [-0.39, 0.29) is 5.92 Å². The van der Waals surface area contributed by atoms with Crippen molar-refractivity contribution in [3.63, 3.8) is 0 Å². The first-order chi connectivity index (χ1) is 8.50. The third kappa shape index (κ3) is 2.41. The van der Waals surface area contributed by atoms with Crippen LogP contribution in [-0.4, -0.2) is 16.2 Å². The van der Waals surface area contributed by atoms with Gasteiger partial charge in [-0.05, 0) is 37.8 Å². The number of hydrogen-bond donors (Lipinski definition) is 2. The zero-order valence-electron chi connectivity index (χ0n) is 10.9. The van der Waals surface area contributed by atoms with E-state index < -0.39 is 18.0 Å². The van der Waals surface area contributed by atoms with E-state index in [1.54, 1.807) is 0 Å². The fourth-order valence-electron chi connectivity index (χ4n) is 2.98. The Labute approximate surface area is 107 Å². The number of hydrogen-bond acceptors (Lipinski definition) is 2. The minimum atomic E-state index is -0.776. The molecule has 3 unspecified atom stereocenters. The zero-order chi connectivity index (χ0) is 13.3. The highest BCUT2D eigenvalue weighted by molar-refractivity contribution is 5.70. The van der Waals surface area contributed by atoms with E-state index in [1.165, 1.54) is 0 Å². The van der Waals surface area contributed by atoms with Crippen LogP contribution in [0.1, 0.15) is 42.1 Å². The van der Waals surface area contributed by atoms with Crippen molar-refractivity contribution in [1.29, 1.82) is 0 Å². The first-order valence-corrected chi connectivity index (χ1v) is 6.48. The second kappa shape index (κ2) is 5.11. The van der Waals surface area contributed by atoms with Gasteiger partial charge in [-0.15, -0.1) is 0 Å². The Kier molecular flexibility index (Phi) is 3.71. The van der Waals surface area contributed by atoms with E-state index in [0.717, 1.165) is 29.5 Å². The number of aliphatic hydroxyl groups is 1. The molecule has 0 bridgehead atoms. The number of aryl methyl sites for hydroxylation is 2. The van der Waals surface area contributed by atoms with Gasteiger partial charge in [0.1, 0.15) is 0 Å². The average Bonchev–Trinajstić information content (AvgIpc) is 2.80. The monoisotopic (exact) mass is 248 g/mol. The first kappa shape index (κ1) is 13.1. The molecular weight excluding hydrogens is 228 g/mol. The normalized spacial score (nSPS) is 25.1. The van der Waals surface area contributed by atoms with Crippen molar-refractivity contribution in [2.75, 3.05) is 0 Å². The second-order valence-corrected chi connectivity index (χ2v) is 5.34. The summed E-state index contributed by atoms with van der Waals surface area (Å²) in [5.41, 5.74) is 3.01. The van der Waals surface area contributed by atoms with Crippen LogP contribution in [0, 0.1) is 25.7 Å². The van der Waals surface area contributed by atoms with Gasteiger partial charge in [-0.2, -0.15) is 0 Å². The maximum absolute atomic E-state index is 11.2. The lowest BCUT2D eigenvalue weighted by Crippen LogP contribution is -2.24. The molecule has 0 spiro atoms. The van der Waals surface area contributed by atoms with Crippen LogP contribution in [0.15, 0.2) is 18.2 Å². The summed E-state index contributed by atoms with van der Waals surface area (Å²) in [7, 11) is 0. The summed E-state index contributed by atoms with van der Waals surface area (Å²) in [5, 5.41) is 19.7. The van der Waals surface area contributed by atoms with Crippen molar-refractivity contribution in [2.24, 2.45) is 11.8 Å². The van der Waals surface area contributed by atoms with Crippen molar-refractivity contribution in [2.45, 2.75) is 39.2 Å². The molecule has 3 nitrogen and oxygen atoms in total. The Balaban J connectivity index is 2.27. The van der Waals surface area contributed by atoms with E-state index >= 15 is 0 Å². The highest BCUT2D eigenvalue weighted by Gasteiger charge is 2.38. The molecule has 0 amide bonds. The standard InChI is InChI=1S/C15H20O3/c1-9-6-7-10(2)13(8-9)14(16)11-4-3-5-12(11)15(17)18/h6-8,11-12,14,16H,3-5H2,1-2H3,(H,17,18). The van der Waals surface area contributed by atoms with Crippen LogP contribution in [0.25, 0.3) is 0 Å². The summed E-state index contributed by atoms with van der Waals surface area (Å²) < 4.78 is 0. The molecule has 0 heterocycles. The molecule has 2 rings (SSSR count). The van der Waals surface area contributed by atoms with Crippen molar-refractivity contribution in [3.8, 4) is 0 Å². The van der Waals surface area contributed by atoms with Gasteiger partial charge in [-0.1, -0.05) is 30.2 Å². The molecule has 0 aliphatic heterocycles. The van der Waals surface area contributed by atoms with Crippen LogP contribution in [0.3, 0.4) is 0 Å². The van der Waals surface area contributed by atoms with Gasteiger partial charge < -0.3 is 10.2 Å². The van der Waals surface area contributed by atoms with Crippen molar-refractivity contribution < 1.29 is 15.0 Å². The molecular formula is C15H20O3. The molecule has 1 fully saturated rings. The Hall–Kier alpha value is -1.35. The molecule has 1 aromatic rings. The van der Waals surface area contributed by atoms with Gasteiger partial charge in [0.25, 0.3) is 0 Å². The Morgan fingerprint density at radius 2 is 2.06 bits per heavy atom. The van der Waals surface area contributed by atoms with Crippen molar-refractivity contribution in [3.05, 3.63) is 34.9 Å². The third-order valence-corrected chi connectivity index (χ3v) is 4.05. The van der Waals surface area contributed by atoms with E-state index in [0.29, 0.717) is 6.42 Å². The summed E-state index contributed by atoms with van der Waals surface area (Å²) >= 11 is 0. The lowest BCUT2D eigenvalue weighted by molar-refractivity contribution is -0.144. The molecule has 3 atom stereocenters. The number of carboxylic acids is 1. The van der Waals surface area contributed by atoms with Gasteiger partial charge in [0, 0.05) is 5.92 Å². The summed E-state index contributed by atoms with van der Waals surface area (Å²) in [4.78, 5) is 11.2. The van der Waals surface area contributed by atoms with Gasteiger partial charge in [0.2, 0.25) is 0 Å². The van der Waals surface area contributed by atoms with Gasteiger partial charge >= 0.3 is 5.97 Å². The van der Waals surface area contributed by atoms with Crippen molar-refractivity contribution >= 4 is 5.97 Å². The number of aliphatic carboxylic acids is 1. The van der Waals surface area contributed by atoms with Gasteiger partial charge in [-0.25, -0.2) is 0 Å². The molecule has 1 aliphatic rings. The van der Waals surface area contributed by atoms with Crippen LogP contribution in [0.2, 0.25) is 0 Å². The second-order valence-electron chi connectivity index (χ2n) is 5.34. The molecule has 0 radical (unpaired) electrons. The van der Waals surface area contributed by atoms with E-state index in [2.05, 4.69) is 0 Å². The SMILES string of the molecule is Cc1ccc(C)c(C(O)C2CCCC2C(=O)O)c1. The molecule has 3 heteroatoms. The maximum atomic E-state index is 11.2. The minimum absolute atomic E-state index is 0.150. The molecule has 1 saturated carbocycles. The largest absolute Gasteiger partial charge is 0.481 e. The first-order valence-electron chi connectivity index (χ1n) is 6.48. The number of benzene rings is 1. The van der Waals surface area contributed by atoms with Crippen molar-refractivity contribution in [1.82, 2.24) is 0 Å². The van der Waals surface area contributed by atoms with Crippen LogP contribution in [-0.2, 0) is 4.79 Å². The lowest BCUT2D eigenvalue weighted by Gasteiger charge is -2.24. The highest BCUT2D eigenvalue weighted by atomic mass is 16.4. The summed E-state index contributed by atoms with van der Waals surface area (Å²) in [5.74, 6) is -1.33. The molecule has 1 aliphatic carbocycles. The minimum Gasteiger partial charge on any atom is -0.481 e. The number of carboxylic acid groups (broad SMARTS) is 1. The summed E-state index contributed by atoms with van der Waals surface area (Å²) in [6.07, 6.45) is 1.71. The Morgan fingerprint density at radius 1 is 1.33 bits per heavy atom. The predicted molar refractivity (Wildman–Crippen MR) is 69.3 cm³/mol.